The van der Waals surface area contributed by atoms with Gasteiger partial charge in [0.1, 0.15) is 5.65 Å². The Kier molecular flexibility index (Phi) is 3.47. The zero-order valence-corrected chi connectivity index (χ0v) is 15.1. The third-order valence-electron chi connectivity index (χ3n) is 4.87. The van der Waals surface area contributed by atoms with Gasteiger partial charge in [-0.15, -0.1) is 0 Å². The summed E-state index contributed by atoms with van der Waals surface area (Å²) in [6.07, 6.45) is 9.66. The summed E-state index contributed by atoms with van der Waals surface area (Å²) in [6.45, 7) is 4.12. The fraction of sp³-hybridized carbons (Fsp3) is 0.0909. The largest absolute Gasteiger partial charge is 0.303 e. The van der Waals surface area contributed by atoms with E-state index in [1.54, 1.807) is 6.20 Å². The number of aromatic nitrogens is 5. The van der Waals surface area contributed by atoms with Crippen LogP contribution in [0.4, 0.5) is 0 Å². The van der Waals surface area contributed by atoms with E-state index in [0.717, 1.165) is 50.2 Å². The van der Waals surface area contributed by atoms with Crippen LogP contribution in [0.25, 0.3) is 39.7 Å². The highest BCUT2D eigenvalue weighted by atomic mass is 15.0. The summed E-state index contributed by atoms with van der Waals surface area (Å²) in [7, 11) is 0. The molecule has 0 fully saturated rings. The van der Waals surface area contributed by atoms with Gasteiger partial charge >= 0.3 is 0 Å². The summed E-state index contributed by atoms with van der Waals surface area (Å²) in [5.74, 6) is 0. The third-order valence-corrected chi connectivity index (χ3v) is 4.87. The van der Waals surface area contributed by atoms with Crippen LogP contribution in [0.1, 0.15) is 22.6 Å². The van der Waals surface area contributed by atoms with Gasteiger partial charge in [-0.25, -0.2) is 9.97 Å². The molecule has 0 aliphatic heterocycles. The summed E-state index contributed by atoms with van der Waals surface area (Å²) >= 11 is 0. The molecule has 0 spiro atoms. The number of fused-ring (bicyclic) bond motifs is 4. The van der Waals surface area contributed by atoms with Crippen molar-refractivity contribution in [1.29, 1.82) is 0 Å². The van der Waals surface area contributed by atoms with Crippen LogP contribution in [0.2, 0.25) is 0 Å². The zero-order valence-electron chi connectivity index (χ0n) is 15.1. The lowest BCUT2D eigenvalue weighted by Gasteiger charge is -2.01. The Morgan fingerprint density at radius 1 is 0.852 bits per heavy atom. The maximum atomic E-state index is 4.83. The van der Waals surface area contributed by atoms with Crippen molar-refractivity contribution in [1.82, 2.24) is 24.3 Å². The van der Waals surface area contributed by atoms with Gasteiger partial charge in [0.2, 0.25) is 0 Å². The molecule has 0 atom stereocenters. The maximum absolute atomic E-state index is 4.83. The minimum absolute atomic E-state index is 0.890. The fourth-order valence-electron chi connectivity index (χ4n) is 3.37. The second-order valence-electron chi connectivity index (χ2n) is 6.59. The van der Waals surface area contributed by atoms with Crippen LogP contribution in [-0.2, 0) is 0 Å². The molecule has 0 saturated carbocycles. The van der Waals surface area contributed by atoms with E-state index in [9.17, 15) is 0 Å². The Morgan fingerprint density at radius 2 is 1.74 bits per heavy atom. The molecule has 0 bridgehead atoms. The van der Waals surface area contributed by atoms with Crippen LogP contribution in [0.5, 0.6) is 0 Å². The van der Waals surface area contributed by atoms with Crippen molar-refractivity contribution < 1.29 is 0 Å². The molecule has 5 rings (SSSR count). The smallest absolute Gasteiger partial charge is 0.147 e. The predicted octanol–water partition coefficient (Wildman–Crippen LogP) is 4.61. The molecule has 0 aliphatic carbocycles. The van der Waals surface area contributed by atoms with Crippen molar-refractivity contribution in [2.45, 2.75) is 13.8 Å². The van der Waals surface area contributed by atoms with E-state index < -0.39 is 0 Å². The summed E-state index contributed by atoms with van der Waals surface area (Å²) in [4.78, 5) is 18.3. The lowest BCUT2D eigenvalue weighted by Crippen LogP contribution is -1.89. The van der Waals surface area contributed by atoms with Crippen molar-refractivity contribution in [2.24, 2.45) is 0 Å². The molecule has 5 heteroatoms. The Bertz CT molecular complexity index is 1350. The molecular weight excluding hydrogens is 334 g/mol. The third kappa shape index (κ3) is 2.56. The fourth-order valence-corrected chi connectivity index (χ4v) is 3.37. The molecule has 5 aromatic rings. The molecule has 0 unspecified atom stereocenters. The van der Waals surface area contributed by atoms with Gasteiger partial charge in [0.05, 0.1) is 27.9 Å². The number of nitrogens with zero attached hydrogens (tertiary/aromatic N) is 5. The van der Waals surface area contributed by atoms with Crippen LogP contribution in [-0.4, -0.2) is 24.3 Å². The second-order valence-corrected chi connectivity index (χ2v) is 6.59. The Balaban J connectivity index is 1.61. The molecule has 0 saturated heterocycles. The standard InChI is InChI=1S/C22H17N5/c1-14-9-12-24-20-8-6-16(25-21(14)20)5-7-18-15(2)27-13-10-19-17(22(27)26-18)4-3-11-23-19/h3-13H,1-2H3. The Morgan fingerprint density at radius 3 is 2.67 bits per heavy atom. The molecule has 5 aromatic heterocycles. The van der Waals surface area contributed by atoms with Gasteiger partial charge in [0, 0.05) is 29.7 Å². The van der Waals surface area contributed by atoms with Gasteiger partial charge in [-0.05, 0) is 68.0 Å². The molecule has 130 valence electrons. The summed E-state index contributed by atoms with van der Waals surface area (Å²) in [5, 5.41) is 1.05. The molecule has 0 aliphatic rings. The molecule has 27 heavy (non-hydrogen) atoms. The Labute approximate surface area is 156 Å². The van der Waals surface area contributed by atoms with Crippen molar-refractivity contribution >= 4 is 39.7 Å². The first-order valence-corrected chi connectivity index (χ1v) is 8.83. The highest BCUT2D eigenvalue weighted by Crippen LogP contribution is 2.22. The first-order chi connectivity index (χ1) is 13.2. The van der Waals surface area contributed by atoms with Crippen LogP contribution < -0.4 is 0 Å². The number of imidazole rings is 1. The lowest BCUT2D eigenvalue weighted by molar-refractivity contribution is 1.11. The normalized spacial score (nSPS) is 11.9. The molecule has 0 amide bonds. The Hall–Kier alpha value is -3.60. The molecule has 0 aromatic carbocycles. The maximum Gasteiger partial charge on any atom is 0.147 e. The van der Waals surface area contributed by atoms with E-state index >= 15 is 0 Å². The lowest BCUT2D eigenvalue weighted by atomic mass is 10.2. The van der Waals surface area contributed by atoms with Gasteiger partial charge in [-0.3, -0.25) is 9.97 Å². The number of hydrogen-bond acceptors (Lipinski definition) is 4. The predicted molar refractivity (Wildman–Crippen MR) is 108 cm³/mol. The monoisotopic (exact) mass is 351 g/mol. The number of hydrogen-bond donors (Lipinski definition) is 0. The van der Waals surface area contributed by atoms with Crippen molar-refractivity contribution in [3.05, 3.63) is 77.6 Å². The number of pyridine rings is 4. The number of aryl methyl sites for hydroxylation is 2. The molecule has 0 radical (unpaired) electrons. The van der Waals surface area contributed by atoms with Gasteiger partial charge < -0.3 is 4.40 Å². The highest BCUT2D eigenvalue weighted by Gasteiger charge is 2.09. The van der Waals surface area contributed by atoms with Crippen molar-refractivity contribution in [3.63, 3.8) is 0 Å². The van der Waals surface area contributed by atoms with E-state index in [4.69, 9.17) is 9.97 Å². The summed E-state index contributed by atoms with van der Waals surface area (Å²) in [5.41, 5.74) is 7.74. The summed E-state index contributed by atoms with van der Waals surface area (Å²) in [6, 6.07) is 12.0. The van der Waals surface area contributed by atoms with Crippen LogP contribution >= 0.6 is 0 Å². The van der Waals surface area contributed by atoms with Gasteiger partial charge in [-0.1, -0.05) is 0 Å². The van der Waals surface area contributed by atoms with Crippen LogP contribution in [0.15, 0.2) is 55.0 Å². The van der Waals surface area contributed by atoms with Gasteiger partial charge in [0.15, 0.2) is 0 Å². The topological polar surface area (TPSA) is 56.0 Å². The summed E-state index contributed by atoms with van der Waals surface area (Å²) < 4.78 is 2.10. The second kappa shape index (κ2) is 5.99. The zero-order chi connectivity index (χ0) is 18.4. The van der Waals surface area contributed by atoms with Crippen molar-refractivity contribution in [2.75, 3.05) is 0 Å². The van der Waals surface area contributed by atoms with Crippen LogP contribution in [0, 0.1) is 13.8 Å². The molecule has 5 heterocycles. The van der Waals surface area contributed by atoms with Crippen LogP contribution in [0.3, 0.4) is 0 Å². The first-order valence-electron chi connectivity index (χ1n) is 8.83. The van der Waals surface area contributed by atoms with Gasteiger partial charge in [0.25, 0.3) is 0 Å². The van der Waals surface area contributed by atoms with E-state index in [2.05, 4.69) is 34.3 Å². The average molecular weight is 351 g/mol. The van der Waals surface area contributed by atoms with E-state index in [1.165, 1.54) is 0 Å². The number of rotatable bonds is 2. The quantitative estimate of drug-likeness (QED) is 0.466. The highest BCUT2D eigenvalue weighted by molar-refractivity contribution is 5.92. The average Bonchev–Trinajstić information content (AvgIpc) is 3.03. The van der Waals surface area contributed by atoms with E-state index in [0.29, 0.717) is 0 Å². The minimum Gasteiger partial charge on any atom is -0.303 e. The molecule has 5 nitrogen and oxygen atoms in total. The van der Waals surface area contributed by atoms with Gasteiger partial charge in [-0.2, -0.15) is 0 Å². The first kappa shape index (κ1) is 15.6. The van der Waals surface area contributed by atoms with E-state index in [-0.39, 0.29) is 0 Å². The molecular formula is C22H17N5. The molecule has 0 N–H and O–H groups in total. The van der Waals surface area contributed by atoms with Crippen molar-refractivity contribution in [3.8, 4) is 0 Å². The minimum atomic E-state index is 0.890. The van der Waals surface area contributed by atoms with E-state index in [1.807, 2.05) is 54.9 Å². The SMILES string of the molecule is Cc1ccnc2ccc(C=Cc3nc4c5cccnc5ccn4c3C)nc12.